The minimum Gasteiger partial charge on any atom is -0.507 e. The van der Waals surface area contributed by atoms with Crippen LogP contribution in [-0.4, -0.2) is 9.51 Å². The topological polar surface area (TPSA) is 24.6 Å². The van der Waals surface area contributed by atoms with Crippen LogP contribution in [0.4, 0.5) is 4.39 Å². The molecule has 1 N–H and O–H groups in total. The number of phenols is 1. The summed E-state index contributed by atoms with van der Waals surface area (Å²) in [7, 11) is 0. The van der Waals surface area contributed by atoms with E-state index < -0.39 is 0 Å². The first-order valence-corrected chi connectivity index (χ1v) is 10.3. The van der Waals surface area contributed by atoms with Crippen molar-refractivity contribution in [3.63, 3.8) is 0 Å². The number of benzene rings is 2. The first-order chi connectivity index (χ1) is 13.3. The van der Waals surface area contributed by atoms with E-state index in [2.05, 4.69) is 55.8 Å². The lowest BCUT2D eigenvalue weighted by molar-refractivity contribution is 0.454. The highest BCUT2D eigenvalue weighted by atomic mass is 79.9. The monoisotopic (exact) mass is 439 g/mol. The van der Waals surface area contributed by atoms with Crippen molar-refractivity contribution in [3.05, 3.63) is 70.1 Å². The van der Waals surface area contributed by atoms with Gasteiger partial charge in [0, 0.05) is 21.6 Å². The zero-order chi connectivity index (χ0) is 20.2. The largest absolute Gasteiger partial charge is 0.507 e. The van der Waals surface area contributed by atoms with Crippen molar-refractivity contribution >= 4 is 32.3 Å². The van der Waals surface area contributed by atoms with E-state index in [4.69, 9.17) is 0 Å². The minimum absolute atomic E-state index is 0.198. The zero-order valence-corrected chi connectivity index (χ0v) is 18.0. The fraction of sp³-hybridized carbons (Fsp3) is 0.250. The van der Waals surface area contributed by atoms with Crippen LogP contribution in [0.1, 0.15) is 50.7 Å². The molecule has 2 aromatic heterocycles. The Morgan fingerprint density at radius 1 is 0.893 bits per heavy atom. The van der Waals surface area contributed by atoms with E-state index in [1.165, 1.54) is 6.07 Å². The molecule has 4 rings (SSSR count). The summed E-state index contributed by atoms with van der Waals surface area (Å²) in [5, 5.41) is 11.8. The molecule has 0 atom stereocenters. The van der Waals surface area contributed by atoms with Crippen LogP contribution in [0.2, 0.25) is 0 Å². The van der Waals surface area contributed by atoms with E-state index in [0.29, 0.717) is 5.75 Å². The van der Waals surface area contributed by atoms with Crippen LogP contribution < -0.4 is 0 Å². The van der Waals surface area contributed by atoms with E-state index in [-0.39, 0.29) is 17.7 Å². The molecule has 4 aromatic rings. The summed E-state index contributed by atoms with van der Waals surface area (Å²) in [4.78, 5) is 0. The molecule has 0 aliphatic rings. The number of halogens is 2. The molecule has 0 saturated heterocycles. The third-order valence-electron chi connectivity index (χ3n) is 5.36. The van der Waals surface area contributed by atoms with E-state index in [0.717, 1.165) is 43.1 Å². The predicted octanol–water partition coefficient (Wildman–Crippen LogP) is 7.61. The van der Waals surface area contributed by atoms with Gasteiger partial charge in [-0.1, -0.05) is 27.7 Å². The van der Waals surface area contributed by atoms with Crippen LogP contribution in [0.25, 0.3) is 27.5 Å². The van der Waals surface area contributed by atoms with Gasteiger partial charge in [0.15, 0.2) is 0 Å². The SMILES string of the molecule is CC(C)c1cc(-c2c3ccc(F)cc3n3cc(Br)ccc23)cc(C(C)C)c1O. The van der Waals surface area contributed by atoms with E-state index in [9.17, 15) is 9.50 Å². The third-order valence-corrected chi connectivity index (χ3v) is 5.83. The maximum atomic E-state index is 14.0. The fourth-order valence-corrected chi connectivity index (χ4v) is 4.28. The van der Waals surface area contributed by atoms with Crippen molar-refractivity contribution < 1.29 is 9.50 Å². The van der Waals surface area contributed by atoms with Gasteiger partial charge in [0.2, 0.25) is 0 Å². The van der Waals surface area contributed by atoms with Crippen LogP contribution in [0.3, 0.4) is 0 Å². The number of nitrogens with zero attached hydrogens (tertiary/aromatic N) is 1. The fourth-order valence-electron chi connectivity index (χ4n) is 3.94. The Labute approximate surface area is 172 Å². The summed E-state index contributed by atoms with van der Waals surface area (Å²) in [5.41, 5.74) is 5.83. The molecule has 2 nitrogen and oxygen atoms in total. The second kappa shape index (κ2) is 6.93. The summed E-state index contributed by atoms with van der Waals surface area (Å²) in [6, 6.07) is 13.1. The number of aromatic hydroxyl groups is 1. The van der Waals surface area contributed by atoms with Crippen molar-refractivity contribution in [1.82, 2.24) is 4.40 Å². The van der Waals surface area contributed by atoms with Crippen molar-refractivity contribution in [3.8, 4) is 16.9 Å². The smallest absolute Gasteiger partial charge is 0.125 e. The summed E-state index contributed by atoms with van der Waals surface area (Å²) in [5.74, 6) is 0.526. The Kier molecular flexibility index (Phi) is 4.70. The molecule has 0 aliphatic carbocycles. The van der Waals surface area contributed by atoms with Gasteiger partial charge < -0.3 is 9.51 Å². The van der Waals surface area contributed by atoms with Crippen LogP contribution in [0.15, 0.2) is 53.1 Å². The summed E-state index contributed by atoms with van der Waals surface area (Å²) >= 11 is 3.53. The number of rotatable bonds is 3. The van der Waals surface area contributed by atoms with Gasteiger partial charge >= 0.3 is 0 Å². The van der Waals surface area contributed by atoms with Crippen molar-refractivity contribution in [2.24, 2.45) is 0 Å². The van der Waals surface area contributed by atoms with Crippen LogP contribution in [0.5, 0.6) is 5.75 Å². The van der Waals surface area contributed by atoms with Crippen LogP contribution in [0, 0.1) is 5.82 Å². The van der Waals surface area contributed by atoms with Gasteiger partial charge in [-0.2, -0.15) is 0 Å². The molecule has 144 valence electrons. The highest BCUT2D eigenvalue weighted by Gasteiger charge is 2.20. The number of aromatic nitrogens is 1. The van der Waals surface area contributed by atoms with Gasteiger partial charge in [0.1, 0.15) is 11.6 Å². The van der Waals surface area contributed by atoms with Gasteiger partial charge in [0.25, 0.3) is 0 Å². The van der Waals surface area contributed by atoms with Crippen LogP contribution >= 0.6 is 15.9 Å². The Balaban J connectivity index is 2.14. The molecule has 0 aliphatic heterocycles. The van der Waals surface area contributed by atoms with Gasteiger partial charge in [0.05, 0.1) is 11.0 Å². The Morgan fingerprint density at radius 3 is 2.14 bits per heavy atom. The molecule has 0 amide bonds. The highest BCUT2D eigenvalue weighted by molar-refractivity contribution is 9.10. The summed E-state index contributed by atoms with van der Waals surface area (Å²) in [6.45, 7) is 8.35. The Bertz CT molecular complexity index is 1120. The molecule has 28 heavy (non-hydrogen) atoms. The second-order valence-electron chi connectivity index (χ2n) is 7.95. The lowest BCUT2D eigenvalue weighted by atomic mass is 9.89. The van der Waals surface area contributed by atoms with Gasteiger partial charge in [-0.15, -0.1) is 0 Å². The molecule has 4 heteroatoms. The third kappa shape index (κ3) is 3.00. The molecular formula is C24H23BrFNO. The number of hydrogen-bond acceptors (Lipinski definition) is 1. The summed E-state index contributed by atoms with van der Waals surface area (Å²) < 4.78 is 17.0. The van der Waals surface area contributed by atoms with Crippen LogP contribution in [-0.2, 0) is 0 Å². The Hall–Kier alpha value is -2.33. The zero-order valence-electron chi connectivity index (χ0n) is 16.4. The molecule has 0 unspecified atom stereocenters. The highest BCUT2D eigenvalue weighted by Crippen LogP contribution is 2.42. The normalized spacial score (nSPS) is 12.0. The lowest BCUT2D eigenvalue weighted by Crippen LogP contribution is -1.97. The molecule has 0 saturated carbocycles. The van der Waals surface area contributed by atoms with E-state index in [1.807, 2.05) is 28.8 Å². The average molecular weight is 440 g/mol. The molecule has 2 aromatic carbocycles. The Morgan fingerprint density at radius 2 is 1.54 bits per heavy atom. The molecule has 0 bridgehead atoms. The van der Waals surface area contributed by atoms with Gasteiger partial charge in [-0.3, -0.25) is 0 Å². The van der Waals surface area contributed by atoms with Crippen molar-refractivity contribution in [1.29, 1.82) is 0 Å². The molecule has 0 spiro atoms. The number of pyridine rings is 1. The molecule has 0 fully saturated rings. The summed E-state index contributed by atoms with van der Waals surface area (Å²) in [6.07, 6.45) is 1.97. The lowest BCUT2D eigenvalue weighted by Gasteiger charge is -2.18. The van der Waals surface area contributed by atoms with E-state index in [1.54, 1.807) is 6.07 Å². The maximum Gasteiger partial charge on any atom is 0.125 e. The molecular weight excluding hydrogens is 417 g/mol. The molecule has 0 radical (unpaired) electrons. The first kappa shape index (κ1) is 19.0. The predicted molar refractivity (Wildman–Crippen MR) is 118 cm³/mol. The van der Waals surface area contributed by atoms with Crippen molar-refractivity contribution in [2.45, 2.75) is 39.5 Å². The number of fused-ring (bicyclic) bond motifs is 3. The van der Waals surface area contributed by atoms with E-state index >= 15 is 0 Å². The minimum atomic E-state index is -0.255. The number of phenolic OH excluding ortho intramolecular Hbond substituents is 1. The maximum absolute atomic E-state index is 14.0. The number of hydrogen-bond donors (Lipinski definition) is 1. The average Bonchev–Trinajstić information content (AvgIpc) is 2.94. The quantitative estimate of drug-likeness (QED) is 0.348. The van der Waals surface area contributed by atoms with Gasteiger partial charge in [-0.05, 0) is 86.9 Å². The van der Waals surface area contributed by atoms with Gasteiger partial charge in [-0.25, -0.2) is 4.39 Å². The second-order valence-corrected chi connectivity index (χ2v) is 8.87. The molecule has 2 heterocycles. The first-order valence-electron chi connectivity index (χ1n) is 9.54. The standard InChI is InChI=1S/C24H23BrFNO/c1-13(2)19-9-15(10-20(14(3)4)24(19)28)23-18-7-6-17(26)11-22(18)27-12-16(25)5-8-21(23)27/h5-14,28H,1-4H3. The van der Waals surface area contributed by atoms with Crippen molar-refractivity contribution in [2.75, 3.05) is 0 Å².